The van der Waals surface area contributed by atoms with Crippen molar-refractivity contribution in [2.24, 2.45) is 0 Å². The van der Waals surface area contributed by atoms with Crippen molar-refractivity contribution >= 4 is 15.7 Å². The highest BCUT2D eigenvalue weighted by atomic mass is 32.2. The molecule has 1 aromatic rings. The largest absolute Gasteiger partial charge is 0.493 e. The Morgan fingerprint density at radius 2 is 2.21 bits per heavy atom. The summed E-state index contributed by atoms with van der Waals surface area (Å²) < 4.78 is 29.7. The first-order valence-corrected chi connectivity index (χ1v) is 6.17. The van der Waals surface area contributed by atoms with Gasteiger partial charge in [-0.2, -0.15) is 0 Å². The molecule has 0 bridgehead atoms. The van der Waals surface area contributed by atoms with Gasteiger partial charge in [0.1, 0.15) is 5.75 Å². The molecule has 2 rings (SSSR count). The van der Waals surface area contributed by atoms with E-state index < -0.39 is 10.0 Å². The number of benzene rings is 1. The third kappa shape index (κ3) is 1.98. The SMILES string of the molecule is CS(=O)(=O)Nc1ccc2c(c1)CCO2. The second-order valence-corrected chi connectivity index (χ2v) is 5.04. The first kappa shape index (κ1) is 9.33. The Morgan fingerprint density at radius 3 is 2.93 bits per heavy atom. The van der Waals surface area contributed by atoms with Gasteiger partial charge in [-0.15, -0.1) is 0 Å². The summed E-state index contributed by atoms with van der Waals surface area (Å²) in [5.41, 5.74) is 1.65. The lowest BCUT2D eigenvalue weighted by Crippen LogP contribution is -2.09. The first-order chi connectivity index (χ1) is 6.54. The van der Waals surface area contributed by atoms with Gasteiger partial charge < -0.3 is 4.74 Å². The fourth-order valence-corrected chi connectivity index (χ4v) is 2.02. The van der Waals surface area contributed by atoms with Crippen LogP contribution in [0.1, 0.15) is 5.56 Å². The van der Waals surface area contributed by atoms with Gasteiger partial charge >= 0.3 is 0 Å². The summed E-state index contributed by atoms with van der Waals surface area (Å²) >= 11 is 0. The molecule has 0 saturated heterocycles. The predicted octanol–water partition coefficient (Wildman–Crippen LogP) is 0.993. The van der Waals surface area contributed by atoms with Crippen LogP contribution in [-0.4, -0.2) is 21.3 Å². The van der Waals surface area contributed by atoms with E-state index in [9.17, 15) is 8.42 Å². The van der Waals surface area contributed by atoms with E-state index in [0.717, 1.165) is 24.0 Å². The molecule has 1 N–H and O–H groups in total. The molecule has 1 heterocycles. The van der Waals surface area contributed by atoms with Crippen LogP contribution in [0.5, 0.6) is 5.75 Å². The van der Waals surface area contributed by atoms with Crippen molar-refractivity contribution in [3.8, 4) is 5.75 Å². The molecule has 0 saturated carbocycles. The molecule has 0 unspecified atom stereocenters. The van der Waals surface area contributed by atoms with Crippen molar-refractivity contribution in [3.05, 3.63) is 23.8 Å². The zero-order valence-corrected chi connectivity index (χ0v) is 8.60. The maximum Gasteiger partial charge on any atom is 0.229 e. The molecule has 76 valence electrons. The van der Waals surface area contributed by atoms with Crippen molar-refractivity contribution in [2.75, 3.05) is 17.6 Å². The highest BCUT2D eigenvalue weighted by molar-refractivity contribution is 7.92. The summed E-state index contributed by atoms with van der Waals surface area (Å²) in [7, 11) is -3.19. The van der Waals surface area contributed by atoms with Crippen LogP contribution in [0.3, 0.4) is 0 Å². The minimum atomic E-state index is -3.19. The lowest BCUT2D eigenvalue weighted by molar-refractivity contribution is 0.357. The van der Waals surface area contributed by atoms with E-state index in [4.69, 9.17) is 4.74 Å². The molecular formula is C9H11NO3S. The molecule has 4 nitrogen and oxygen atoms in total. The van der Waals surface area contributed by atoms with Crippen molar-refractivity contribution in [2.45, 2.75) is 6.42 Å². The lowest BCUT2D eigenvalue weighted by Gasteiger charge is -2.05. The highest BCUT2D eigenvalue weighted by Crippen LogP contribution is 2.27. The summed E-state index contributed by atoms with van der Waals surface area (Å²) in [6.45, 7) is 0.678. The van der Waals surface area contributed by atoms with Gasteiger partial charge in [0.05, 0.1) is 12.9 Å². The number of nitrogens with one attached hydrogen (secondary N) is 1. The fraction of sp³-hybridized carbons (Fsp3) is 0.333. The molecule has 1 aromatic carbocycles. The van der Waals surface area contributed by atoms with Gasteiger partial charge in [-0.25, -0.2) is 8.42 Å². The van der Waals surface area contributed by atoms with E-state index in [1.54, 1.807) is 12.1 Å². The maximum absolute atomic E-state index is 11.0. The van der Waals surface area contributed by atoms with Crippen molar-refractivity contribution in [1.29, 1.82) is 0 Å². The zero-order valence-electron chi connectivity index (χ0n) is 7.78. The Labute approximate surface area is 82.9 Å². The molecule has 0 aliphatic carbocycles. The Balaban J connectivity index is 2.29. The van der Waals surface area contributed by atoms with Crippen molar-refractivity contribution in [3.63, 3.8) is 0 Å². The van der Waals surface area contributed by atoms with Crippen LogP contribution in [-0.2, 0) is 16.4 Å². The molecule has 0 aromatic heterocycles. The molecule has 1 aliphatic rings. The molecule has 1 aliphatic heterocycles. The van der Waals surface area contributed by atoms with Gasteiger partial charge in [0.15, 0.2) is 0 Å². The van der Waals surface area contributed by atoms with E-state index in [0.29, 0.717) is 12.3 Å². The van der Waals surface area contributed by atoms with E-state index in [1.807, 2.05) is 6.07 Å². The van der Waals surface area contributed by atoms with Crippen molar-refractivity contribution < 1.29 is 13.2 Å². The van der Waals surface area contributed by atoms with Crippen LogP contribution in [0, 0.1) is 0 Å². The van der Waals surface area contributed by atoms with Gasteiger partial charge in [0.2, 0.25) is 10.0 Å². The maximum atomic E-state index is 11.0. The second-order valence-electron chi connectivity index (χ2n) is 3.30. The highest BCUT2D eigenvalue weighted by Gasteiger charge is 2.12. The van der Waals surface area contributed by atoms with Gasteiger partial charge in [0.25, 0.3) is 0 Å². The molecule has 0 fully saturated rings. The Morgan fingerprint density at radius 1 is 1.43 bits per heavy atom. The molecule has 0 spiro atoms. The van der Waals surface area contributed by atoms with Crippen LogP contribution in [0.25, 0.3) is 0 Å². The second kappa shape index (κ2) is 3.16. The van der Waals surface area contributed by atoms with E-state index in [-0.39, 0.29) is 0 Å². The number of sulfonamides is 1. The number of anilines is 1. The third-order valence-electron chi connectivity index (χ3n) is 1.99. The van der Waals surface area contributed by atoms with E-state index >= 15 is 0 Å². The topological polar surface area (TPSA) is 55.4 Å². The number of hydrogen-bond acceptors (Lipinski definition) is 3. The van der Waals surface area contributed by atoms with Gasteiger partial charge in [-0.1, -0.05) is 0 Å². The van der Waals surface area contributed by atoms with Crippen LogP contribution in [0.15, 0.2) is 18.2 Å². The van der Waals surface area contributed by atoms with Gasteiger partial charge in [-0.3, -0.25) is 4.72 Å². The van der Waals surface area contributed by atoms with Crippen LogP contribution in [0.2, 0.25) is 0 Å². The molecule has 0 atom stereocenters. The molecular weight excluding hydrogens is 202 g/mol. The smallest absolute Gasteiger partial charge is 0.229 e. The van der Waals surface area contributed by atoms with Gasteiger partial charge in [-0.05, 0) is 23.8 Å². The summed E-state index contributed by atoms with van der Waals surface area (Å²) in [6.07, 6.45) is 1.98. The van der Waals surface area contributed by atoms with Crippen LogP contribution in [0.4, 0.5) is 5.69 Å². The van der Waals surface area contributed by atoms with Crippen molar-refractivity contribution in [1.82, 2.24) is 0 Å². The minimum absolute atomic E-state index is 0.594. The number of rotatable bonds is 2. The average Bonchev–Trinajstić information content (AvgIpc) is 2.47. The summed E-state index contributed by atoms with van der Waals surface area (Å²) in [4.78, 5) is 0. The number of ether oxygens (including phenoxy) is 1. The molecule has 0 radical (unpaired) electrons. The number of hydrogen-bond donors (Lipinski definition) is 1. The lowest BCUT2D eigenvalue weighted by atomic mass is 10.1. The Bertz CT molecular complexity index is 453. The Hall–Kier alpha value is -1.23. The third-order valence-corrected chi connectivity index (χ3v) is 2.60. The van der Waals surface area contributed by atoms with E-state index in [1.165, 1.54) is 0 Å². The predicted molar refractivity (Wildman–Crippen MR) is 54.1 cm³/mol. The summed E-state index contributed by atoms with van der Waals surface area (Å²) in [5.74, 6) is 0.851. The summed E-state index contributed by atoms with van der Waals surface area (Å²) in [5, 5.41) is 0. The number of fused-ring (bicyclic) bond motifs is 1. The van der Waals surface area contributed by atoms with Gasteiger partial charge in [0, 0.05) is 12.1 Å². The fourth-order valence-electron chi connectivity index (χ4n) is 1.46. The monoisotopic (exact) mass is 213 g/mol. The van der Waals surface area contributed by atoms with Crippen LogP contribution >= 0.6 is 0 Å². The van der Waals surface area contributed by atoms with Crippen LogP contribution < -0.4 is 9.46 Å². The Kier molecular flexibility index (Phi) is 2.11. The standard InChI is InChI=1S/C9H11NO3S/c1-14(11,12)10-8-2-3-9-7(6-8)4-5-13-9/h2-3,6,10H,4-5H2,1H3. The quantitative estimate of drug-likeness (QED) is 0.797. The zero-order chi connectivity index (χ0) is 10.2. The molecule has 0 amide bonds. The van der Waals surface area contributed by atoms with E-state index in [2.05, 4.69) is 4.72 Å². The minimum Gasteiger partial charge on any atom is -0.493 e. The first-order valence-electron chi connectivity index (χ1n) is 4.28. The molecule has 14 heavy (non-hydrogen) atoms. The summed E-state index contributed by atoms with van der Waals surface area (Å²) in [6, 6.07) is 5.30. The normalized spacial score (nSPS) is 14.6. The average molecular weight is 213 g/mol. The molecule has 5 heteroatoms.